The van der Waals surface area contributed by atoms with E-state index >= 15 is 0 Å². The first-order valence-corrected chi connectivity index (χ1v) is 6.03. The normalized spacial score (nSPS) is 20.9. The largest absolute Gasteiger partial charge is 0.382 e. The highest BCUT2D eigenvalue weighted by atomic mass is 35.5. The molecule has 0 aromatic heterocycles. The van der Waals surface area contributed by atoms with E-state index in [1.165, 1.54) is 12.1 Å². The van der Waals surface area contributed by atoms with Crippen LogP contribution in [0, 0.1) is 11.2 Å². The van der Waals surface area contributed by atoms with E-state index in [4.69, 9.17) is 11.6 Å². The predicted octanol–water partition coefficient (Wildman–Crippen LogP) is 3.01. The van der Waals surface area contributed by atoms with Gasteiger partial charge in [0.1, 0.15) is 5.82 Å². The fourth-order valence-corrected chi connectivity index (χ4v) is 2.57. The van der Waals surface area contributed by atoms with Crippen LogP contribution in [-0.2, 0) is 4.79 Å². The lowest BCUT2D eigenvalue weighted by molar-refractivity contribution is -0.129. The van der Waals surface area contributed by atoms with Gasteiger partial charge < -0.3 is 10.6 Å². The van der Waals surface area contributed by atoms with E-state index < -0.39 is 5.82 Å². The summed E-state index contributed by atoms with van der Waals surface area (Å²) in [5.74, 6) is -0.534. The second-order valence-electron chi connectivity index (χ2n) is 4.75. The molecule has 1 aromatic rings. The van der Waals surface area contributed by atoms with Gasteiger partial charge in [0.05, 0.1) is 21.8 Å². The van der Waals surface area contributed by atoms with Crippen LogP contribution in [0.25, 0.3) is 0 Å². The van der Waals surface area contributed by atoms with Gasteiger partial charge in [0.15, 0.2) is 0 Å². The van der Waals surface area contributed by atoms with Crippen LogP contribution in [0.15, 0.2) is 12.1 Å². The molecule has 0 bridgehead atoms. The Balaban J connectivity index is 1.99. The van der Waals surface area contributed by atoms with Gasteiger partial charge in [0, 0.05) is 12.6 Å². The zero-order chi connectivity index (χ0) is 12.0. The van der Waals surface area contributed by atoms with Crippen LogP contribution in [-0.4, -0.2) is 12.5 Å². The molecule has 2 aliphatic rings. The summed E-state index contributed by atoms with van der Waals surface area (Å²) >= 11 is 5.73. The molecule has 1 heterocycles. The Kier molecular flexibility index (Phi) is 2.30. The summed E-state index contributed by atoms with van der Waals surface area (Å²) in [4.78, 5) is 12.1. The van der Waals surface area contributed by atoms with Crippen LogP contribution in [0.4, 0.5) is 15.8 Å². The number of halogens is 2. The first-order valence-electron chi connectivity index (χ1n) is 5.65. The number of fused-ring (bicyclic) bond motifs is 1. The molecule has 2 N–H and O–H groups in total. The highest BCUT2D eigenvalue weighted by Crippen LogP contribution is 2.44. The first-order chi connectivity index (χ1) is 8.11. The maximum absolute atomic E-state index is 13.3. The molecule has 0 radical (unpaired) electrons. The highest BCUT2D eigenvalue weighted by molar-refractivity contribution is 6.31. The minimum absolute atomic E-state index is 0.0169. The van der Waals surface area contributed by atoms with Crippen molar-refractivity contribution in [2.75, 3.05) is 17.2 Å². The van der Waals surface area contributed by atoms with Crippen LogP contribution in [0.3, 0.4) is 0 Å². The minimum Gasteiger partial charge on any atom is -0.382 e. The number of carbonyl (C=O) groups is 1. The van der Waals surface area contributed by atoms with Crippen molar-refractivity contribution in [1.82, 2.24) is 0 Å². The average molecular weight is 255 g/mol. The number of hydrogen-bond acceptors (Lipinski definition) is 2. The van der Waals surface area contributed by atoms with Gasteiger partial charge in [-0.2, -0.15) is 0 Å². The predicted molar refractivity (Wildman–Crippen MR) is 64.8 cm³/mol. The summed E-state index contributed by atoms with van der Waals surface area (Å²) in [6, 6.07) is 2.78. The lowest BCUT2D eigenvalue weighted by Gasteiger charge is -2.38. The molecule has 90 valence electrons. The Morgan fingerprint density at radius 3 is 2.71 bits per heavy atom. The summed E-state index contributed by atoms with van der Waals surface area (Å²) in [5.41, 5.74) is 0.844. The van der Waals surface area contributed by atoms with Gasteiger partial charge in [-0.25, -0.2) is 4.39 Å². The Labute approximate surface area is 103 Å². The van der Waals surface area contributed by atoms with Crippen molar-refractivity contribution in [1.29, 1.82) is 0 Å². The Morgan fingerprint density at radius 2 is 2.06 bits per heavy atom. The third kappa shape index (κ3) is 1.59. The van der Waals surface area contributed by atoms with E-state index in [9.17, 15) is 9.18 Å². The maximum Gasteiger partial charge on any atom is 0.232 e. The van der Waals surface area contributed by atoms with E-state index in [1.54, 1.807) is 0 Å². The minimum atomic E-state index is -0.517. The monoisotopic (exact) mass is 254 g/mol. The second kappa shape index (κ2) is 3.60. The van der Waals surface area contributed by atoms with Crippen molar-refractivity contribution in [3.63, 3.8) is 0 Å². The molecule has 0 atom stereocenters. The fraction of sp³-hybridized carbons (Fsp3) is 0.417. The molecule has 1 aliphatic carbocycles. The van der Waals surface area contributed by atoms with Gasteiger partial charge >= 0.3 is 0 Å². The number of benzene rings is 1. The first kappa shape index (κ1) is 10.8. The van der Waals surface area contributed by atoms with E-state index in [0.29, 0.717) is 17.9 Å². The smallest absolute Gasteiger partial charge is 0.232 e. The number of carbonyl (C=O) groups excluding carboxylic acids is 1. The Morgan fingerprint density at radius 1 is 1.29 bits per heavy atom. The van der Waals surface area contributed by atoms with E-state index in [-0.39, 0.29) is 16.3 Å². The number of rotatable bonds is 0. The number of nitrogens with one attached hydrogen (secondary N) is 2. The molecule has 17 heavy (non-hydrogen) atoms. The van der Waals surface area contributed by atoms with Gasteiger partial charge in [-0.1, -0.05) is 18.0 Å². The molecule has 1 aliphatic heterocycles. The fourth-order valence-electron chi connectivity index (χ4n) is 2.40. The van der Waals surface area contributed by atoms with E-state index in [1.807, 2.05) is 0 Å². The van der Waals surface area contributed by atoms with Gasteiger partial charge in [-0.3, -0.25) is 4.79 Å². The molecule has 1 amide bonds. The average Bonchev–Trinajstić information content (AvgIpc) is 2.35. The molecule has 1 aromatic carbocycles. The van der Waals surface area contributed by atoms with Gasteiger partial charge in [0.2, 0.25) is 5.91 Å². The summed E-state index contributed by atoms with van der Waals surface area (Å²) in [6.07, 6.45) is 2.84. The number of anilines is 2. The Hall–Kier alpha value is -1.29. The second-order valence-corrected chi connectivity index (χ2v) is 5.16. The SMILES string of the molecule is O=C1Nc2cc(F)c(Cl)cc2NCC12CCC2. The molecule has 1 spiro atoms. The molecule has 3 nitrogen and oxygen atoms in total. The van der Waals surface area contributed by atoms with Gasteiger partial charge in [0.25, 0.3) is 0 Å². The lowest BCUT2D eigenvalue weighted by Crippen LogP contribution is -2.45. The summed E-state index contributed by atoms with van der Waals surface area (Å²) in [7, 11) is 0. The number of amides is 1. The zero-order valence-corrected chi connectivity index (χ0v) is 9.90. The van der Waals surface area contributed by atoms with Crippen LogP contribution < -0.4 is 10.6 Å². The molecule has 0 saturated heterocycles. The van der Waals surface area contributed by atoms with Gasteiger partial charge in [-0.05, 0) is 18.9 Å². The lowest BCUT2D eigenvalue weighted by atomic mass is 9.68. The van der Waals surface area contributed by atoms with Crippen molar-refractivity contribution in [2.24, 2.45) is 5.41 Å². The molecule has 1 fully saturated rings. The van der Waals surface area contributed by atoms with E-state index in [2.05, 4.69) is 10.6 Å². The molecule has 0 unspecified atom stereocenters. The Bertz CT molecular complexity index is 500. The maximum atomic E-state index is 13.3. The van der Waals surface area contributed by atoms with Crippen molar-refractivity contribution >= 4 is 28.9 Å². The van der Waals surface area contributed by atoms with Crippen molar-refractivity contribution in [3.8, 4) is 0 Å². The van der Waals surface area contributed by atoms with Gasteiger partial charge in [-0.15, -0.1) is 0 Å². The third-order valence-corrected chi connectivity index (χ3v) is 4.01. The molecule has 3 rings (SSSR count). The summed E-state index contributed by atoms with van der Waals surface area (Å²) < 4.78 is 13.3. The topological polar surface area (TPSA) is 41.1 Å². The van der Waals surface area contributed by atoms with Crippen LogP contribution in [0.2, 0.25) is 5.02 Å². The van der Waals surface area contributed by atoms with Crippen molar-refractivity contribution in [2.45, 2.75) is 19.3 Å². The van der Waals surface area contributed by atoms with Crippen LogP contribution >= 0.6 is 11.6 Å². The molecule has 5 heteroatoms. The summed E-state index contributed by atoms with van der Waals surface area (Å²) in [5, 5.41) is 6.03. The summed E-state index contributed by atoms with van der Waals surface area (Å²) in [6.45, 7) is 0.591. The third-order valence-electron chi connectivity index (χ3n) is 3.72. The molecular formula is C12H12ClFN2O. The molecule has 1 saturated carbocycles. The quantitative estimate of drug-likeness (QED) is 0.747. The standard InChI is InChI=1S/C12H12ClFN2O/c13-7-4-9-10(5-8(7)14)16-11(17)12(6-15-9)2-1-3-12/h4-5,15H,1-3,6H2,(H,16,17). The van der Waals surface area contributed by atoms with E-state index in [0.717, 1.165) is 19.3 Å². The van der Waals surface area contributed by atoms with Crippen LogP contribution in [0.1, 0.15) is 19.3 Å². The molecular weight excluding hydrogens is 243 g/mol. The number of hydrogen-bond donors (Lipinski definition) is 2. The van der Waals surface area contributed by atoms with Crippen LogP contribution in [0.5, 0.6) is 0 Å². The highest BCUT2D eigenvalue weighted by Gasteiger charge is 2.45. The van der Waals surface area contributed by atoms with Crippen molar-refractivity contribution in [3.05, 3.63) is 23.0 Å². The zero-order valence-electron chi connectivity index (χ0n) is 9.15. The van der Waals surface area contributed by atoms with Crippen molar-refractivity contribution < 1.29 is 9.18 Å².